The first-order chi connectivity index (χ1) is 13.7. The molecule has 0 unspecified atom stereocenters. The molecule has 2 aromatic heterocycles. The van der Waals surface area contributed by atoms with E-state index < -0.39 is 0 Å². The van der Waals surface area contributed by atoms with Crippen LogP contribution in [0.25, 0.3) is 11.3 Å². The van der Waals surface area contributed by atoms with Gasteiger partial charge < -0.3 is 9.42 Å². The fraction of sp³-hybridized carbons (Fsp3) is 0.350. The number of likely N-dealkylation sites (tertiary alicyclic amines) is 1. The maximum absolute atomic E-state index is 12.6. The average Bonchev–Trinajstić information content (AvgIpc) is 3.02. The van der Waals surface area contributed by atoms with Gasteiger partial charge in [0, 0.05) is 24.7 Å². The van der Waals surface area contributed by atoms with Crippen LogP contribution in [0, 0.1) is 0 Å². The number of amides is 1. The van der Waals surface area contributed by atoms with Gasteiger partial charge >= 0.3 is 11.8 Å². The number of nitrogens with zero attached hydrogens (tertiary/aromatic N) is 5. The van der Waals surface area contributed by atoms with E-state index in [2.05, 4.69) is 15.2 Å². The van der Waals surface area contributed by atoms with Gasteiger partial charge in [0.2, 0.25) is 0 Å². The van der Waals surface area contributed by atoms with Crippen LogP contribution in [-0.2, 0) is 6.54 Å². The Morgan fingerprint density at radius 2 is 1.75 bits per heavy atom. The predicted octanol–water partition coefficient (Wildman–Crippen LogP) is 2.36. The monoisotopic (exact) mass is 379 g/mol. The van der Waals surface area contributed by atoms with Crippen molar-refractivity contribution in [3.8, 4) is 11.3 Å². The highest BCUT2D eigenvalue weighted by molar-refractivity contribution is 5.89. The van der Waals surface area contributed by atoms with E-state index in [1.807, 2.05) is 30.3 Å². The highest BCUT2D eigenvalue weighted by atomic mass is 16.5. The normalized spacial score (nSPS) is 14.6. The first kappa shape index (κ1) is 18.1. The van der Waals surface area contributed by atoms with Crippen LogP contribution in [0.2, 0.25) is 0 Å². The van der Waals surface area contributed by atoms with Gasteiger partial charge in [0.15, 0.2) is 5.82 Å². The summed E-state index contributed by atoms with van der Waals surface area (Å²) < 4.78 is 6.42. The van der Waals surface area contributed by atoms with Crippen LogP contribution in [0.5, 0.6) is 0 Å². The number of carbonyl (C=O) groups excluding carboxylic acids is 1. The van der Waals surface area contributed by atoms with Gasteiger partial charge in [0.1, 0.15) is 6.54 Å². The van der Waals surface area contributed by atoms with Crippen molar-refractivity contribution in [2.24, 2.45) is 0 Å². The minimum atomic E-state index is -0.273. The highest BCUT2D eigenvalue weighted by Crippen LogP contribution is 2.15. The van der Waals surface area contributed by atoms with Crippen LogP contribution >= 0.6 is 0 Å². The van der Waals surface area contributed by atoms with Crippen LogP contribution in [0.15, 0.2) is 51.8 Å². The fourth-order valence-electron chi connectivity index (χ4n) is 3.27. The largest absolute Gasteiger partial charge is 0.334 e. The summed E-state index contributed by atoms with van der Waals surface area (Å²) in [5, 5.41) is 8.24. The van der Waals surface area contributed by atoms with Gasteiger partial charge in [-0.2, -0.15) is 10.1 Å². The number of rotatable bonds is 4. The molecule has 0 N–H and O–H groups in total. The van der Waals surface area contributed by atoms with Crippen LogP contribution in [-0.4, -0.2) is 43.8 Å². The van der Waals surface area contributed by atoms with Crippen molar-refractivity contribution < 1.29 is 9.32 Å². The van der Waals surface area contributed by atoms with Crippen molar-refractivity contribution in [1.82, 2.24) is 24.8 Å². The van der Waals surface area contributed by atoms with E-state index in [-0.39, 0.29) is 29.7 Å². The van der Waals surface area contributed by atoms with Gasteiger partial charge in [-0.25, -0.2) is 4.68 Å². The maximum atomic E-state index is 12.6. The summed E-state index contributed by atoms with van der Waals surface area (Å²) in [5.41, 5.74) is 1.30. The Morgan fingerprint density at radius 3 is 2.50 bits per heavy atom. The Hall–Kier alpha value is -3.29. The topological polar surface area (TPSA) is 94.1 Å². The lowest BCUT2D eigenvalue weighted by molar-refractivity contribution is 0.0711. The van der Waals surface area contributed by atoms with Crippen molar-refractivity contribution in [3.05, 3.63) is 64.5 Å². The molecule has 144 valence electrons. The number of hydrogen-bond donors (Lipinski definition) is 0. The summed E-state index contributed by atoms with van der Waals surface area (Å²) in [6.45, 7) is 1.45. The molecule has 1 aromatic carbocycles. The standard InChI is InChI=1S/C20H21N5O3/c26-18-11-10-16(15-8-4-3-5-9-15)22-25(18)14-17-21-19(28-23-17)20(27)24-12-6-1-2-7-13-24/h3-5,8-11H,1-2,6-7,12-14H2. The molecule has 1 fully saturated rings. The van der Waals surface area contributed by atoms with E-state index >= 15 is 0 Å². The minimum absolute atomic E-state index is 0.0378. The SMILES string of the molecule is O=C(c1nc(Cn2nc(-c3ccccc3)ccc2=O)no1)N1CCCCCC1. The molecule has 8 nitrogen and oxygen atoms in total. The predicted molar refractivity (Wildman–Crippen MR) is 102 cm³/mol. The number of aromatic nitrogens is 4. The molecule has 28 heavy (non-hydrogen) atoms. The second kappa shape index (κ2) is 8.16. The minimum Gasteiger partial charge on any atom is -0.334 e. The van der Waals surface area contributed by atoms with Gasteiger partial charge in [-0.05, 0) is 18.9 Å². The van der Waals surface area contributed by atoms with Crippen LogP contribution in [0.4, 0.5) is 0 Å². The van der Waals surface area contributed by atoms with E-state index in [4.69, 9.17) is 4.52 Å². The molecule has 0 spiro atoms. The number of carbonyl (C=O) groups is 1. The molecule has 1 aliphatic heterocycles. The number of hydrogen-bond acceptors (Lipinski definition) is 6. The lowest BCUT2D eigenvalue weighted by atomic mass is 10.1. The van der Waals surface area contributed by atoms with Gasteiger partial charge in [-0.1, -0.05) is 48.3 Å². The lowest BCUT2D eigenvalue weighted by Gasteiger charge is -2.17. The molecule has 1 amide bonds. The summed E-state index contributed by atoms with van der Waals surface area (Å²) >= 11 is 0. The molecule has 0 atom stereocenters. The Labute approximate surface area is 161 Å². The third-order valence-electron chi connectivity index (χ3n) is 4.77. The summed E-state index contributed by atoms with van der Waals surface area (Å²) in [4.78, 5) is 30.7. The summed E-state index contributed by atoms with van der Waals surface area (Å²) in [7, 11) is 0. The molecule has 0 bridgehead atoms. The summed E-state index contributed by atoms with van der Waals surface area (Å²) in [5.74, 6) is -0.0406. The van der Waals surface area contributed by atoms with Gasteiger partial charge in [0.05, 0.1) is 5.69 Å². The zero-order valence-corrected chi connectivity index (χ0v) is 15.5. The van der Waals surface area contributed by atoms with E-state index in [1.54, 1.807) is 11.0 Å². The average molecular weight is 379 g/mol. The zero-order chi connectivity index (χ0) is 19.3. The fourth-order valence-corrected chi connectivity index (χ4v) is 3.27. The second-order valence-electron chi connectivity index (χ2n) is 6.80. The molecule has 4 rings (SSSR count). The van der Waals surface area contributed by atoms with Crippen LogP contribution < -0.4 is 5.56 Å². The van der Waals surface area contributed by atoms with E-state index in [9.17, 15) is 9.59 Å². The maximum Gasteiger partial charge on any atom is 0.316 e. The summed E-state index contributed by atoms with van der Waals surface area (Å²) in [6, 6.07) is 12.7. The lowest BCUT2D eigenvalue weighted by Crippen LogP contribution is -2.32. The smallest absolute Gasteiger partial charge is 0.316 e. The molecule has 1 saturated heterocycles. The third-order valence-corrected chi connectivity index (χ3v) is 4.77. The second-order valence-corrected chi connectivity index (χ2v) is 6.80. The Bertz CT molecular complexity index is 1000. The van der Waals surface area contributed by atoms with Crippen molar-refractivity contribution in [2.45, 2.75) is 32.2 Å². The Balaban J connectivity index is 1.52. The van der Waals surface area contributed by atoms with Crippen molar-refractivity contribution >= 4 is 5.91 Å². The molecule has 0 aliphatic carbocycles. The number of benzene rings is 1. The zero-order valence-electron chi connectivity index (χ0n) is 15.5. The first-order valence-corrected chi connectivity index (χ1v) is 9.46. The molecule has 3 heterocycles. The van der Waals surface area contributed by atoms with Crippen LogP contribution in [0.1, 0.15) is 42.2 Å². The highest BCUT2D eigenvalue weighted by Gasteiger charge is 2.23. The molecule has 1 aliphatic rings. The van der Waals surface area contributed by atoms with Crippen LogP contribution in [0.3, 0.4) is 0 Å². The molecule has 8 heteroatoms. The molecule has 0 saturated carbocycles. The first-order valence-electron chi connectivity index (χ1n) is 9.46. The third kappa shape index (κ3) is 4.00. The quantitative estimate of drug-likeness (QED) is 0.691. The molecular formula is C20H21N5O3. The van der Waals surface area contributed by atoms with E-state index in [1.165, 1.54) is 10.7 Å². The molecule has 0 radical (unpaired) electrons. The van der Waals surface area contributed by atoms with Crippen molar-refractivity contribution in [1.29, 1.82) is 0 Å². The Kier molecular flexibility index (Phi) is 5.27. The Morgan fingerprint density at radius 1 is 1.00 bits per heavy atom. The van der Waals surface area contributed by atoms with E-state index in [0.717, 1.165) is 31.2 Å². The van der Waals surface area contributed by atoms with E-state index in [0.29, 0.717) is 18.8 Å². The van der Waals surface area contributed by atoms with Crippen molar-refractivity contribution in [3.63, 3.8) is 0 Å². The molecular weight excluding hydrogens is 358 g/mol. The van der Waals surface area contributed by atoms with Gasteiger partial charge in [0.25, 0.3) is 5.56 Å². The van der Waals surface area contributed by atoms with Crippen molar-refractivity contribution in [2.75, 3.05) is 13.1 Å². The van der Waals surface area contributed by atoms with Gasteiger partial charge in [-0.15, -0.1) is 0 Å². The summed E-state index contributed by atoms with van der Waals surface area (Å²) in [6.07, 6.45) is 4.23. The van der Waals surface area contributed by atoms with Gasteiger partial charge in [-0.3, -0.25) is 9.59 Å². The molecule has 3 aromatic rings.